The third-order valence-electron chi connectivity index (χ3n) is 2.03. The summed E-state index contributed by atoms with van der Waals surface area (Å²) in [7, 11) is 0. The quantitative estimate of drug-likeness (QED) is 0.782. The van der Waals surface area contributed by atoms with E-state index < -0.39 is 87.7 Å². The zero-order valence-corrected chi connectivity index (χ0v) is 10.7. The number of amides is 1. The molecule has 0 saturated carbocycles. The van der Waals surface area contributed by atoms with Gasteiger partial charge in [-0.05, 0) is 23.7 Å². The number of hydrogen-bond donors (Lipinski definition) is 3. The van der Waals surface area contributed by atoms with Crippen molar-refractivity contribution in [2.24, 2.45) is 0 Å². The standard InChI is InChI=1S/C14H11ClN2O4/c15-10-3-1-2-8(4-10)9-5-11(18)13(16-6-9)14(21)17-7-12(19)20/h1-6,18H,7H2,(H,17,21)(H,19,20)/i1D,2D,3D,4D,5D,6D,7D2/hD3. The Bertz CT molecular complexity index is 1100. The van der Waals surface area contributed by atoms with E-state index in [1.165, 1.54) is 0 Å². The summed E-state index contributed by atoms with van der Waals surface area (Å²) in [6.45, 7) is -3.48. The van der Waals surface area contributed by atoms with E-state index in [9.17, 15) is 9.59 Å². The van der Waals surface area contributed by atoms with Gasteiger partial charge in [0.25, 0.3) is 8.77 Å². The molecule has 7 heteroatoms. The first-order valence-electron chi connectivity index (χ1n) is 10.4. The Hall–Kier alpha value is -2.60. The SMILES string of the molecule is [2H]OC(=O)C([2H])([2H])N([2H])C(=O)c1nc([2H])c(-c2c([2H])c([2H])c([2H])c(Cl)c2[2H])c([2H])c1O[2H]. The number of aromatic nitrogens is 1. The van der Waals surface area contributed by atoms with Gasteiger partial charge in [-0.15, -0.1) is 0 Å². The van der Waals surface area contributed by atoms with Crippen LogP contribution in [0.5, 0.6) is 5.75 Å². The van der Waals surface area contributed by atoms with Crippen molar-refractivity contribution in [1.82, 2.24) is 10.3 Å². The van der Waals surface area contributed by atoms with Gasteiger partial charge in [-0.3, -0.25) is 9.59 Å². The lowest BCUT2D eigenvalue weighted by Crippen LogP contribution is -2.29. The highest BCUT2D eigenvalue weighted by molar-refractivity contribution is 6.30. The molecule has 0 spiro atoms. The maximum absolute atomic E-state index is 12.5. The van der Waals surface area contributed by atoms with Gasteiger partial charge in [0.15, 0.2) is 7.11 Å². The van der Waals surface area contributed by atoms with Crippen LogP contribution in [0.3, 0.4) is 0 Å². The average molecular weight is 318 g/mol. The predicted molar refractivity (Wildman–Crippen MR) is 76.3 cm³/mol. The lowest BCUT2D eigenvalue weighted by Gasteiger charge is -2.07. The summed E-state index contributed by atoms with van der Waals surface area (Å²) < 4.78 is 83.7. The number of halogens is 1. The second-order valence-corrected chi connectivity index (χ2v) is 3.78. The third-order valence-corrected chi connectivity index (χ3v) is 2.22. The van der Waals surface area contributed by atoms with Crippen molar-refractivity contribution < 1.29 is 32.2 Å². The van der Waals surface area contributed by atoms with Gasteiger partial charge in [-0.25, -0.2) is 4.98 Å². The fourth-order valence-corrected chi connectivity index (χ4v) is 1.36. The highest BCUT2D eigenvalue weighted by atomic mass is 35.5. The van der Waals surface area contributed by atoms with Crippen molar-refractivity contribution in [2.45, 2.75) is 0 Å². The van der Waals surface area contributed by atoms with E-state index >= 15 is 0 Å². The van der Waals surface area contributed by atoms with Gasteiger partial charge in [0.1, 0.15) is 12.2 Å². The number of benzene rings is 1. The van der Waals surface area contributed by atoms with Gasteiger partial charge in [0.2, 0.25) is 0 Å². The van der Waals surface area contributed by atoms with Crippen LogP contribution in [-0.2, 0) is 4.79 Å². The Morgan fingerprint density at radius 2 is 2.33 bits per heavy atom. The Morgan fingerprint density at radius 1 is 1.48 bits per heavy atom. The second-order valence-electron chi connectivity index (χ2n) is 3.41. The smallest absolute Gasteiger partial charge is 0.322 e. The minimum absolute atomic E-state index is 0.562. The fourth-order valence-electron chi connectivity index (χ4n) is 1.22. The van der Waals surface area contributed by atoms with Crippen LogP contribution in [0.2, 0.25) is 6.43 Å². The molecule has 0 unspecified atom stereocenters. The first kappa shape index (κ1) is 6.03. The molecule has 3 N–H and O–H groups in total. The number of nitrogens with zero attached hydrogens (tertiary/aromatic N) is 1. The van der Waals surface area contributed by atoms with Crippen LogP contribution in [-0.4, -0.2) is 35.0 Å². The summed E-state index contributed by atoms with van der Waals surface area (Å²) in [6, 6.07) is -3.80. The third kappa shape index (κ3) is 3.70. The number of pyridine rings is 1. The number of carboxylic acids is 1. The van der Waals surface area contributed by atoms with Gasteiger partial charge >= 0.3 is 5.97 Å². The van der Waals surface area contributed by atoms with E-state index in [0.29, 0.717) is 0 Å². The molecular weight excluding hydrogens is 296 g/mol. The van der Waals surface area contributed by atoms with E-state index in [1.54, 1.807) is 0 Å². The van der Waals surface area contributed by atoms with Crippen LogP contribution in [0.15, 0.2) is 36.4 Å². The number of aromatic hydroxyl groups is 1. The maximum Gasteiger partial charge on any atom is 0.322 e. The first-order valence-corrected chi connectivity index (χ1v) is 5.53. The monoisotopic (exact) mass is 317 g/mol. The first-order chi connectivity index (χ1) is 14.7. The molecule has 0 aliphatic rings. The van der Waals surface area contributed by atoms with Crippen molar-refractivity contribution in [2.75, 3.05) is 6.50 Å². The highest BCUT2D eigenvalue weighted by Gasteiger charge is 2.14. The number of carboxylic acid groups (broad SMARTS) is 1. The number of aliphatic carboxylic acids is 1. The van der Waals surface area contributed by atoms with E-state index in [4.69, 9.17) is 26.8 Å². The number of carbonyl (C=O) groups excluding carboxylic acids is 1. The minimum atomic E-state index is -3.48. The van der Waals surface area contributed by atoms with Crippen molar-refractivity contribution in [3.05, 3.63) is 47.1 Å². The molecule has 21 heavy (non-hydrogen) atoms. The number of rotatable bonds is 5. The lowest BCUT2D eigenvalue weighted by atomic mass is 10.1. The summed E-state index contributed by atoms with van der Waals surface area (Å²) in [5.74, 6) is -4.70. The summed E-state index contributed by atoms with van der Waals surface area (Å²) in [4.78, 5) is 27.3. The number of carbonyl (C=O) groups is 2. The van der Waals surface area contributed by atoms with Crippen molar-refractivity contribution in [1.29, 1.82) is 2.86 Å². The Kier molecular flexibility index (Phi) is 1.79. The Labute approximate surface area is 140 Å². The summed E-state index contributed by atoms with van der Waals surface area (Å²) in [5.41, 5.74) is -2.34. The van der Waals surface area contributed by atoms with Crippen LogP contribution in [0.25, 0.3) is 12.6 Å². The molecule has 0 atom stereocenters. The molecule has 6 nitrogen and oxygen atoms in total. The molecule has 0 radical (unpaired) electrons. The molecular formula is C14H11ClN2O4. The van der Waals surface area contributed by atoms with E-state index in [0.717, 1.165) is 0 Å². The summed E-state index contributed by atoms with van der Waals surface area (Å²) in [5, 5.41) is 6.48. The zero-order chi connectivity index (χ0) is 24.7. The van der Waals surface area contributed by atoms with Gasteiger partial charge in [0.05, 0.1) is 11.0 Å². The molecule has 1 aromatic heterocycles. The number of hydrogen-bond acceptors (Lipinski definition) is 5. The minimum Gasteiger partial charge on any atom is -0.505 e. The largest absolute Gasteiger partial charge is 0.505 e. The molecule has 0 fully saturated rings. The lowest BCUT2D eigenvalue weighted by molar-refractivity contribution is -0.135. The van der Waals surface area contributed by atoms with Gasteiger partial charge in [0, 0.05) is 16.8 Å². The van der Waals surface area contributed by atoms with Crippen molar-refractivity contribution >= 4 is 23.5 Å². The molecule has 1 amide bonds. The normalized spacial score (nSPS) is 17.9. The highest BCUT2D eigenvalue weighted by Crippen LogP contribution is 2.26. The van der Waals surface area contributed by atoms with E-state index in [1.807, 2.05) is 0 Å². The molecule has 0 bridgehead atoms. The van der Waals surface area contributed by atoms with Crippen LogP contribution in [0, 0.1) is 0 Å². The molecule has 1 heterocycles. The zero-order valence-electron chi connectivity index (χ0n) is 20.9. The van der Waals surface area contributed by atoms with Crippen LogP contribution >= 0.6 is 11.6 Å². The Morgan fingerprint density at radius 3 is 3.10 bits per heavy atom. The average Bonchev–Trinajstić information content (AvgIpc) is 2.76. The van der Waals surface area contributed by atoms with Crippen molar-refractivity contribution in [3.63, 3.8) is 0 Å². The Balaban J connectivity index is 2.80. The molecule has 108 valence electrons. The molecule has 0 aliphatic carbocycles. The maximum atomic E-state index is 12.5. The van der Waals surface area contributed by atoms with Gasteiger partial charge < -0.3 is 15.5 Å². The topological polar surface area (TPSA) is 99.5 Å². The van der Waals surface area contributed by atoms with Crippen LogP contribution in [0.4, 0.5) is 0 Å². The van der Waals surface area contributed by atoms with E-state index in [-0.39, 0.29) is 0 Å². The molecule has 0 aliphatic heterocycles. The van der Waals surface area contributed by atoms with Gasteiger partial charge in [-0.1, -0.05) is 23.7 Å². The second kappa shape index (κ2) is 6.23. The molecule has 2 aromatic rings. The van der Waals surface area contributed by atoms with Crippen molar-refractivity contribution in [3.8, 4) is 16.9 Å². The molecule has 1 aromatic carbocycles. The molecule has 0 saturated heterocycles. The fraction of sp³-hybridized carbons (Fsp3) is 0.0714. The van der Waals surface area contributed by atoms with Gasteiger partial charge in [-0.2, -0.15) is 0 Å². The van der Waals surface area contributed by atoms with Crippen LogP contribution < -0.4 is 5.31 Å². The predicted octanol–water partition coefficient (Wildman–Crippen LogP) is 1.92. The van der Waals surface area contributed by atoms with E-state index in [2.05, 4.69) is 15.2 Å². The number of nitrogens with one attached hydrogen (secondary N) is 1. The van der Waals surface area contributed by atoms with Crippen LogP contribution in [0.1, 0.15) is 21.5 Å². The summed E-state index contributed by atoms with van der Waals surface area (Å²) in [6.07, 6.45) is -0.966. The summed E-state index contributed by atoms with van der Waals surface area (Å²) >= 11 is 5.83. The molecule has 2 rings (SSSR count).